The molecule has 0 spiro atoms. The summed E-state index contributed by atoms with van der Waals surface area (Å²) >= 11 is 0. The lowest BCUT2D eigenvalue weighted by Gasteiger charge is -2.19. The molecule has 0 aromatic heterocycles. The van der Waals surface area contributed by atoms with Gasteiger partial charge in [-0.1, -0.05) is 18.2 Å². The number of nitrogens with one attached hydrogen (secondary N) is 1. The predicted molar refractivity (Wildman–Crippen MR) is 73.0 cm³/mol. The molecule has 2 unspecified atom stereocenters. The van der Waals surface area contributed by atoms with E-state index in [0.29, 0.717) is 12.7 Å². The number of hydrogen-bond acceptors (Lipinski definition) is 3. The second-order valence-electron chi connectivity index (χ2n) is 4.74. The molecule has 100 valence electrons. The second kappa shape index (κ2) is 6.76. The first-order valence-corrected chi connectivity index (χ1v) is 6.88. The molecule has 2 atom stereocenters. The summed E-state index contributed by atoms with van der Waals surface area (Å²) in [5.74, 6) is 0.979. The summed E-state index contributed by atoms with van der Waals surface area (Å²) in [6, 6.07) is 8.52. The highest BCUT2D eigenvalue weighted by atomic mass is 16.5. The monoisotopic (exact) mass is 249 g/mol. The van der Waals surface area contributed by atoms with Crippen LogP contribution in [-0.2, 0) is 4.74 Å². The summed E-state index contributed by atoms with van der Waals surface area (Å²) in [6.07, 6.45) is 2.75. The Hall–Kier alpha value is -1.06. The van der Waals surface area contributed by atoms with Crippen LogP contribution in [0.3, 0.4) is 0 Å². The Labute approximate surface area is 109 Å². The van der Waals surface area contributed by atoms with Crippen LogP contribution in [0.4, 0.5) is 0 Å². The molecule has 0 bridgehead atoms. The molecule has 1 aromatic rings. The van der Waals surface area contributed by atoms with E-state index in [4.69, 9.17) is 9.47 Å². The van der Waals surface area contributed by atoms with Crippen LogP contribution >= 0.6 is 0 Å². The third-order valence-electron chi connectivity index (χ3n) is 3.36. The standard InChI is InChI=1S/C15H23NO2/c1-3-17-15-9-5-4-8-14(15)12(2)16-11-13-7-6-10-18-13/h4-5,8-9,12-13,16H,3,6-7,10-11H2,1-2H3. The first-order chi connectivity index (χ1) is 8.81. The van der Waals surface area contributed by atoms with Crippen molar-refractivity contribution >= 4 is 0 Å². The fraction of sp³-hybridized carbons (Fsp3) is 0.600. The van der Waals surface area contributed by atoms with Gasteiger partial charge in [0, 0.05) is 24.8 Å². The van der Waals surface area contributed by atoms with Gasteiger partial charge in [-0.2, -0.15) is 0 Å². The van der Waals surface area contributed by atoms with E-state index in [1.165, 1.54) is 18.4 Å². The van der Waals surface area contributed by atoms with E-state index in [0.717, 1.165) is 18.9 Å². The average molecular weight is 249 g/mol. The van der Waals surface area contributed by atoms with E-state index in [9.17, 15) is 0 Å². The van der Waals surface area contributed by atoms with Crippen molar-refractivity contribution in [1.82, 2.24) is 5.32 Å². The van der Waals surface area contributed by atoms with Gasteiger partial charge >= 0.3 is 0 Å². The van der Waals surface area contributed by atoms with Gasteiger partial charge < -0.3 is 14.8 Å². The second-order valence-corrected chi connectivity index (χ2v) is 4.74. The number of benzene rings is 1. The lowest BCUT2D eigenvalue weighted by molar-refractivity contribution is 0.108. The van der Waals surface area contributed by atoms with E-state index in [1.54, 1.807) is 0 Å². The first-order valence-electron chi connectivity index (χ1n) is 6.88. The van der Waals surface area contributed by atoms with Gasteiger partial charge in [-0.25, -0.2) is 0 Å². The maximum absolute atomic E-state index is 5.66. The van der Waals surface area contributed by atoms with Crippen LogP contribution < -0.4 is 10.1 Å². The zero-order chi connectivity index (χ0) is 12.8. The largest absolute Gasteiger partial charge is 0.494 e. The molecule has 1 aliphatic rings. The fourth-order valence-corrected chi connectivity index (χ4v) is 2.35. The maximum Gasteiger partial charge on any atom is 0.124 e. The molecular formula is C15H23NO2. The Kier molecular flexibility index (Phi) is 5.02. The van der Waals surface area contributed by atoms with Crippen molar-refractivity contribution in [3.05, 3.63) is 29.8 Å². The van der Waals surface area contributed by atoms with Crippen molar-refractivity contribution in [3.63, 3.8) is 0 Å². The third kappa shape index (κ3) is 3.47. The molecule has 0 amide bonds. The third-order valence-corrected chi connectivity index (χ3v) is 3.36. The summed E-state index contributed by atoms with van der Waals surface area (Å²) in [5.41, 5.74) is 1.22. The molecule has 0 aliphatic carbocycles. The average Bonchev–Trinajstić information content (AvgIpc) is 2.90. The normalized spacial score (nSPS) is 20.9. The van der Waals surface area contributed by atoms with Crippen LogP contribution in [0.25, 0.3) is 0 Å². The summed E-state index contributed by atoms with van der Waals surface area (Å²) in [4.78, 5) is 0. The van der Waals surface area contributed by atoms with Crippen molar-refractivity contribution in [3.8, 4) is 5.75 Å². The summed E-state index contributed by atoms with van der Waals surface area (Å²) < 4.78 is 11.3. The van der Waals surface area contributed by atoms with Crippen molar-refractivity contribution in [2.75, 3.05) is 19.8 Å². The van der Waals surface area contributed by atoms with E-state index in [2.05, 4.69) is 24.4 Å². The summed E-state index contributed by atoms with van der Waals surface area (Å²) in [6.45, 7) is 6.72. The minimum Gasteiger partial charge on any atom is -0.494 e. The number of para-hydroxylation sites is 1. The number of ether oxygens (including phenoxy) is 2. The topological polar surface area (TPSA) is 30.5 Å². The van der Waals surface area contributed by atoms with Crippen LogP contribution in [0, 0.1) is 0 Å². The lowest BCUT2D eigenvalue weighted by Crippen LogP contribution is -2.28. The minimum atomic E-state index is 0.289. The first kappa shape index (κ1) is 13.4. The molecule has 1 aromatic carbocycles. The van der Waals surface area contributed by atoms with Crippen molar-refractivity contribution < 1.29 is 9.47 Å². The van der Waals surface area contributed by atoms with Gasteiger partial charge in [0.15, 0.2) is 0 Å². The minimum absolute atomic E-state index is 0.289. The fourth-order valence-electron chi connectivity index (χ4n) is 2.35. The molecule has 3 nitrogen and oxygen atoms in total. The van der Waals surface area contributed by atoms with Gasteiger partial charge in [-0.3, -0.25) is 0 Å². The summed E-state index contributed by atoms with van der Waals surface area (Å²) in [5, 5.41) is 3.53. The SMILES string of the molecule is CCOc1ccccc1C(C)NCC1CCCO1. The number of rotatable bonds is 6. The van der Waals surface area contributed by atoms with Crippen molar-refractivity contribution in [1.29, 1.82) is 0 Å². The van der Waals surface area contributed by atoms with Crippen molar-refractivity contribution in [2.24, 2.45) is 0 Å². The zero-order valence-corrected chi connectivity index (χ0v) is 11.3. The van der Waals surface area contributed by atoms with Gasteiger partial charge in [0.1, 0.15) is 5.75 Å². The highest BCUT2D eigenvalue weighted by molar-refractivity contribution is 5.35. The van der Waals surface area contributed by atoms with E-state index < -0.39 is 0 Å². The quantitative estimate of drug-likeness (QED) is 0.841. The molecule has 0 radical (unpaired) electrons. The van der Waals surface area contributed by atoms with Gasteiger partial charge in [-0.15, -0.1) is 0 Å². The molecule has 18 heavy (non-hydrogen) atoms. The Morgan fingerprint density at radius 2 is 2.28 bits per heavy atom. The van der Waals surface area contributed by atoms with Gasteiger partial charge in [0.25, 0.3) is 0 Å². The van der Waals surface area contributed by atoms with Crippen LogP contribution in [0.1, 0.15) is 38.3 Å². The molecule has 1 N–H and O–H groups in total. The number of hydrogen-bond donors (Lipinski definition) is 1. The van der Waals surface area contributed by atoms with E-state index >= 15 is 0 Å². The molecule has 0 saturated carbocycles. The van der Waals surface area contributed by atoms with Crippen LogP contribution in [0.15, 0.2) is 24.3 Å². The maximum atomic E-state index is 5.66. The molecule has 2 rings (SSSR count). The zero-order valence-electron chi connectivity index (χ0n) is 11.3. The van der Waals surface area contributed by atoms with Gasteiger partial charge in [-0.05, 0) is 32.8 Å². The Balaban J connectivity index is 1.92. The Morgan fingerprint density at radius 3 is 3.00 bits per heavy atom. The molecule has 1 fully saturated rings. The Bertz CT molecular complexity index is 361. The van der Waals surface area contributed by atoms with Crippen molar-refractivity contribution in [2.45, 2.75) is 38.8 Å². The van der Waals surface area contributed by atoms with Crippen LogP contribution in [0.2, 0.25) is 0 Å². The highest BCUT2D eigenvalue weighted by Crippen LogP contribution is 2.25. The highest BCUT2D eigenvalue weighted by Gasteiger charge is 2.17. The Morgan fingerprint density at radius 1 is 1.44 bits per heavy atom. The van der Waals surface area contributed by atoms with E-state index in [-0.39, 0.29) is 6.04 Å². The summed E-state index contributed by atoms with van der Waals surface area (Å²) in [7, 11) is 0. The van der Waals surface area contributed by atoms with E-state index in [1.807, 2.05) is 19.1 Å². The van der Waals surface area contributed by atoms with Gasteiger partial charge in [0.05, 0.1) is 12.7 Å². The lowest BCUT2D eigenvalue weighted by atomic mass is 10.1. The molecule has 3 heteroatoms. The smallest absolute Gasteiger partial charge is 0.124 e. The van der Waals surface area contributed by atoms with Gasteiger partial charge in [0.2, 0.25) is 0 Å². The molecular weight excluding hydrogens is 226 g/mol. The molecule has 1 heterocycles. The van der Waals surface area contributed by atoms with Crippen LogP contribution in [0.5, 0.6) is 5.75 Å². The van der Waals surface area contributed by atoms with Crippen LogP contribution in [-0.4, -0.2) is 25.9 Å². The molecule has 1 saturated heterocycles. The molecule has 1 aliphatic heterocycles. The predicted octanol–water partition coefficient (Wildman–Crippen LogP) is 2.91.